The SMILES string of the molecule is Cc1ccnc(C2CC2C(=O)Nc2cc(O[C@@H](C)c3cn4cc(C5CC5)cc(N5CC(=O)N(C)C5=O)c4n3)cnn2)n1. The van der Waals surface area contributed by atoms with Crippen LogP contribution in [0.15, 0.2) is 43.0 Å². The molecule has 1 saturated heterocycles. The lowest BCUT2D eigenvalue weighted by Gasteiger charge is -2.17. The minimum Gasteiger partial charge on any atom is -0.483 e. The third kappa shape index (κ3) is 4.80. The van der Waals surface area contributed by atoms with Crippen molar-refractivity contribution in [1.29, 1.82) is 0 Å². The number of hydrogen-bond acceptors (Lipinski definition) is 9. The van der Waals surface area contributed by atoms with E-state index >= 15 is 0 Å². The molecular formula is C29H29N9O4. The molecule has 2 unspecified atom stereocenters. The number of aryl methyl sites for hydroxylation is 1. The molecule has 7 rings (SSSR count). The van der Waals surface area contributed by atoms with Crippen molar-refractivity contribution in [2.45, 2.75) is 51.0 Å². The minimum absolute atomic E-state index is 0.00736. The van der Waals surface area contributed by atoms with Crippen LogP contribution in [0, 0.1) is 12.8 Å². The number of nitrogens with one attached hydrogen (secondary N) is 1. The number of likely N-dealkylation sites (N-methyl/N-ethyl adjacent to an activating group) is 1. The van der Waals surface area contributed by atoms with Gasteiger partial charge in [0.25, 0.3) is 0 Å². The van der Waals surface area contributed by atoms with Crippen LogP contribution in [-0.4, -0.2) is 65.9 Å². The maximum atomic E-state index is 12.8. The van der Waals surface area contributed by atoms with Gasteiger partial charge in [0.05, 0.1) is 17.6 Å². The van der Waals surface area contributed by atoms with Crippen LogP contribution in [0.25, 0.3) is 5.65 Å². The van der Waals surface area contributed by atoms with Gasteiger partial charge in [0.1, 0.15) is 24.2 Å². The van der Waals surface area contributed by atoms with E-state index in [0.717, 1.165) is 29.0 Å². The van der Waals surface area contributed by atoms with E-state index in [2.05, 4.69) is 25.5 Å². The lowest BCUT2D eigenvalue weighted by Crippen LogP contribution is -2.30. The third-order valence-electron chi connectivity index (χ3n) is 7.98. The highest BCUT2D eigenvalue weighted by Crippen LogP contribution is 2.46. The van der Waals surface area contributed by atoms with Gasteiger partial charge in [-0.1, -0.05) is 0 Å². The smallest absolute Gasteiger partial charge is 0.331 e. The van der Waals surface area contributed by atoms with Crippen molar-refractivity contribution in [3.63, 3.8) is 0 Å². The Morgan fingerprint density at radius 2 is 2.00 bits per heavy atom. The molecule has 0 radical (unpaired) electrons. The molecule has 2 aliphatic carbocycles. The maximum absolute atomic E-state index is 12.8. The van der Waals surface area contributed by atoms with E-state index in [-0.39, 0.29) is 42.0 Å². The highest BCUT2D eigenvalue weighted by atomic mass is 16.5. The molecule has 0 spiro atoms. The van der Waals surface area contributed by atoms with Gasteiger partial charge in [0.15, 0.2) is 11.5 Å². The van der Waals surface area contributed by atoms with Gasteiger partial charge in [0.2, 0.25) is 11.8 Å². The summed E-state index contributed by atoms with van der Waals surface area (Å²) in [5.74, 6) is 1.17. The minimum atomic E-state index is -0.486. The second kappa shape index (κ2) is 9.86. The molecule has 4 aromatic heterocycles. The number of anilines is 2. The zero-order valence-corrected chi connectivity index (χ0v) is 23.4. The van der Waals surface area contributed by atoms with E-state index in [0.29, 0.717) is 40.9 Å². The van der Waals surface area contributed by atoms with Gasteiger partial charge < -0.3 is 14.5 Å². The predicted molar refractivity (Wildman–Crippen MR) is 150 cm³/mol. The summed E-state index contributed by atoms with van der Waals surface area (Å²) in [7, 11) is 1.49. The van der Waals surface area contributed by atoms with E-state index in [9.17, 15) is 14.4 Å². The first-order chi connectivity index (χ1) is 20.2. The van der Waals surface area contributed by atoms with Gasteiger partial charge >= 0.3 is 6.03 Å². The lowest BCUT2D eigenvalue weighted by atomic mass is 10.1. The van der Waals surface area contributed by atoms with E-state index in [4.69, 9.17) is 9.72 Å². The first-order valence-electron chi connectivity index (χ1n) is 14.0. The molecule has 0 aromatic carbocycles. The Balaban J connectivity index is 1.08. The largest absolute Gasteiger partial charge is 0.483 e. The first kappa shape index (κ1) is 26.0. The fraction of sp³-hybridized carbons (Fsp3) is 0.379. The van der Waals surface area contributed by atoms with E-state index in [1.807, 2.05) is 42.8 Å². The van der Waals surface area contributed by atoms with Crippen LogP contribution in [0.2, 0.25) is 0 Å². The standard InChI is InChI=1S/C29H29N9O4/c1-15-6-7-30-26(32-15)20-10-21(20)28(40)34-24-9-19(11-31-35-24)42-16(2)22-13-37-12-18(17-4-5-17)8-23(27(37)33-22)38-14-25(39)36(3)29(38)41/h6-9,11-13,16-17,20-21H,4-5,10,14H2,1-3H3,(H,34,35,40)/t16-,20?,21?/m0/s1. The van der Waals surface area contributed by atoms with E-state index in [1.165, 1.54) is 18.1 Å². The topological polar surface area (TPSA) is 148 Å². The predicted octanol–water partition coefficient (Wildman–Crippen LogP) is 3.38. The number of aromatic nitrogens is 6. The third-order valence-corrected chi connectivity index (χ3v) is 7.98. The number of imidazole rings is 1. The van der Waals surface area contributed by atoms with Gasteiger partial charge in [-0.25, -0.2) is 19.7 Å². The van der Waals surface area contributed by atoms with Crippen LogP contribution in [0.5, 0.6) is 5.75 Å². The number of hydrogen-bond donors (Lipinski definition) is 1. The summed E-state index contributed by atoms with van der Waals surface area (Å²) >= 11 is 0. The molecule has 3 atom stereocenters. The number of urea groups is 1. The van der Waals surface area contributed by atoms with Gasteiger partial charge in [-0.2, -0.15) is 5.10 Å². The highest BCUT2D eigenvalue weighted by Gasteiger charge is 2.46. The fourth-order valence-electron chi connectivity index (χ4n) is 5.32. The number of pyridine rings is 1. The Morgan fingerprint density at radius 1 is 1.17 bits per heavy atom. The monoisotopic (exact) mass is 567 g/mol. The average molecular weight is 568 g/mol. The molecule has 13 heteroatoms. The summed E-state index contributed by atoms with van der Waals surface area (Å²) in [5.41, 5.74) is 3.78. The Hall–Kier alpha value is -4.94. The second-order valence-electron chi connectivity index (χ2n) is 11.2. The van der Waals surface area contributed by atoms with Crippen molar-refractivity contribution in [3.05, 3.63) is 65.8 Å². The molecule has 3 fully saturated rings. The molecule has 0 bridgehead atoms. The van der Waals surface area contributed by atoms with Crippen LogP contribution in [-0.2, 0) is 9.59 Å². The summed E-state index contributed by atoms with van der Waals surface area (Å²) in [4.78, 5) is 54.1. The lowest BCUT2D eigenvalue weighted by molar-refractivity contribution is -0.124. The van der Waals surface area contributed by atoms with Crippen LogP contribution < -0.4 is 15.0 Å². The molecule has 4 aromatic rings. The van der Waals surface area contributed by atoms with Crippen LogP contribution in [0.1, 0.15) is 66.9 Å². The van der Waals surface area contributed by atoms with Crippen molar-refractivity contribution in [2.24, 2.45) is 5.92 Å². The summed E-state index contributed by atoms with van der Waals surface area (Å²) in [6, 6.07) is 5.05. The molecule has 1 N–H and O–H groups in total. The summed E-state index contributed by atoms with van der Waals surface area (Å²) in [6.45, 7) is 3.73. The number of ether oxygens (including phenoxy) is 1. The molecule has 5 heterocycles. The highest BCUT2D eigenvalue weighted by molar-refractivity contribution is 6.13. The second-order valence-corrected chi connectivity index (χ2v) is 11.2. The zero-order valence-electron chi connectivity index (χ0n) is 23.4. The normalized spacial score (nSPS) is 20.7. The number of amides is 4. The Morgan fingerprint density at radius 3 is 2.74 bits per heavy atom. The number of carbonyl (C=O) groups is 3. The Labute approximate surface area is 240 Å². The summed E-state index contributed by atoms with van der Waals surface area (Å²) in [6.07, 6.45) is 9.46. The molecule has 42 heavy (non-hydrogen) atoms. The quantitative estimate of drug-likeness (QED) is 0.316. The van der Waals surface area contributed by atoms with E-state index in [1.54, 1.807) is 12.3 Å². The van der Waals surface area contributed by atoms with Gasteiger partial charge in [0, 0.05) is 49.2 Å². The van der Waals surface area contributed by atoms with Crippen molar-refractivity contribution in [3.8, 4) is 5.75 Å². The van der Waals surface area contributed by atoms with Crippen LogP contribution in [0.3, 0.4) is 0 Å². The number of imide groups is 1. The van der Waals surface area contributed by atoms with Crippen LogP contribution in [0.4, 0.5) is 16.3 Å². The molecule has 214 valence electrons. The first-order valence-corrected chi connectivity index (χ1v) is 14.0. The summed E-state index contributed by atoms with van der Waals surface area (Å²) in [5, 5.41) is 10.9. The Bertz CT molecular complexity index is 1750. The van der Waals surface area contributed by atoms with Gasteiger partial charge in [-0.15, -0.1) is 5.10 Å². The molecule has 1 aliphatic heterocycles. The van der Waals surface area contributed by atoms with Crippen molar-refractivity contribution < 1.29 is 19.1 Å². The number of carbonyl (C=O) groups excluding carboxylic acids is 3. The van der Waals surface area contributed by atoms with Crippen molar-refractivity contribution in [1.82, 2.24) is 34.4 Å². The molecular weight excluding hydrogens is 538 g/mol. The van der Waals surface area contributed by atoms with Gasteiger partial charge in [-0.3, -0.25) is 19.4 Å². The molecule has 4 amide bonds. The van der Waals surface area contributed by atoms with Gasteiger partial charge in [-0.05, 0) is 56.7 Å². The number of rotatable bonds is 8. The van der Waals surface area contributed by atoms with E-state index < -0.39 is 6.10 Å². The summed E-state index contributed by atoms with van der Waals surface area (Å²) < 4.78 is 8.05. The van der Waals surface area contributed by atoms with Crippen molar-refractivity contribution >= 4 is 35.0 Å². The number of fused-ring (bicyclic) bond motifs is 1. The van der Waals surface area contributed by atoms with Crippen LogP contribution >= 0.6 is 0 Å². The fourth-order valence-corrected chi connectivity index (χ4v) is 5.32. The number of nitrogens with zero attached hydrogens (tertiary/aromatic N) is 8. The zero-order chi connectivity index (χ0) is 29.1. The molecule has 13 nitrogen and oxygen atoms in total. The maximum Gasteiger partial charge on any atom is 0.331 e. The van der Waals surface area contributed by atoms with Crippen molar-refractivity contribution in [2.75, 3.05) is 23.8 Å². The average Bonchev–Trinajstić information content (AvgIpc) is 3.90. The molecule has 2 saturated carbocycles. The Kier molecular flexibility index (Phi) is 6.10. The molecule has 3 aliphatic rings.